The highest BCUT2D eigenvalue weighted by atomic mass is 79.9. The molecule has 0 aliphatic heterocycles. The SMILES string of the molecule is CC(NC(=O)c1cccc(F)c1Br)C(=O)N(C)C. The second kappa shape index (κ2) is 5.95. The summed E-state index contributed by atoms with van der Waals surface area (Å²) in [6.45, 7) is 1.58. The van der Waals surface area contributed by atoms with Gasteiger partial charge in [-0.15, -0.1) is 0 Å². The van der Waals surface area contributed by atoms with Gasteiger partial charge in [0.05, 0.1) is 10.0 Å². The van der Waals surface area contributed by atoms with Crippen LogP contribution >= 0.6 is 15.9 Å². The van der Waals surface area contributed by atoms with Crippen molar-refractivity contribution in [1.82, 2.24) is 10.2 Å². The molecule has 0 aromatic heterocycles. The van der Waals surface area contributed by atoms with E-state index in [0.29, 0.717) is 0 Å². The van der Waals surface area contributed by atoms with Gasteiger partial charge in [-0.2, -0.15) is 0 Å². The van der Waals surface area contributed by atoms with Gasteiger partial charge in [-0.1, -0.05) is 6.07 Å². The molecule has 0 spiro atoms. The Labute approximate surface area is 113 Å². The van der Waals surface area contributed by atoms with Gasteiger partial charge in [0.2, 0.25) is 5.91 Å². The Kier molecular flexibility index (Phi) is 4.84. The summed E-state index contributed by atoms with van der Waals surface area (Å²) in [5.74, 6) is -1.24. The van der Waals surface area contributed by atoms with E-state index in [1.165, 1.54) is 23.1 Å². The number of rotatable bonds is 3. The third kappa shape index (κ3) is 3.29. The maximum atomic E-state index is 13.3. The molecule has 6 heteroatoms. The van der Waals surface area contributed by atoms with Gasteiger partial charge in [0.1, 0.15) is 11.9 Å². The standard InChI is InChI=1S/C12H14BrFN2O2/c1-7(12(18)16(2)3)15-11(17)8-5-4-6-9(14)10(8)13/h4-7H,1-3H3,(H,15,17). The largest absolute Gasteiger partial charge is 0.347 e. The Morgan fingerprint density at radius 1 is 1.39 bits per heavy atom. The lowest BCUT2D eigenvalue weighted by Gasteiger charge is -2.18. The molecule has 4 nitrogen and oxygen atoms in total. The number of likely N-dealkylation sites (N-methyl/N-ethyl adjacent to an activating group) is 1. The molecule has 1 rings (SSSR count). The normalized spacial score (nSPS) is 11.8. The summed E-state index contributed by atoms with van der Waals surface area (Å²) in [5.41, 5.74) is 0.161. The van der Waals surface area contributed by atoms with Crippen LogP contribution in [0.15, 0.2) is 22.7 Å². The van der Waals surface area contributed by atoms with Gasteiger partial charge in [-0.3, -0.25) is 9.59 Å². The molecule has 1 N–H and O–H groups in total. The zero-order chi connectivity index (χ0) is 13.9. The molecular formula is C12H14BrFN2O2. The Balaban J connectivity index is 2.83. The molecule has 0 saturated heterocycles. The Morgan fingerprint density at radius 2 is 2.00 bits per heavy atom. The fraction of sp³-hybridized carbons (Fsp3) is 0.333. The zero-order valence-corrected chi connectivity index (χ0v) is 11.9. The van der Waals surface area contributed by atoms with Crippen molar-refractivity contribution < 1.29 is 14.0 Å². The number of halogens is 2. The van der Waals surface area contributed by atoms with Crippen molar-refractivity contribution in [2.75, 3.05) is 14.1 Å². The quantitative estimate of drug-likeness (QED) is 0.924. The second-order valence-corrected chi connectivity index (χ2v) is 4.82. The zero-order valence-electron chi connectivity index (χ0n) is 10.3. The first-order chi connectivity index (χ1) is 8.34. The molecule has 1 unspecified atom stereocenters. The summed E-state index contributed by atoms with van der Waals surface area (Å²) in [6.07, 6.45) is 0. The van der Waals surface area contributed by atoms with Crippen LogP contribution in [0.1, 0.15) is 17.3 Å². The van der Waals surface area contributed by atoms with E-state index < -0.39 is 17.8 Å². The molecule has 2 amide bonds. The average Bonchev–Trinajstić information content (AvgIpc) is 2.31. The number of carbonyl (C=O) groups is 2. The van der Waals surface area contributed by atoms with E-state index in [9.17, 15) is 14.0 Å². The van der Waals surface area contributed by atoms with Crippen LogP contribution in [0.3, 0.4) is 0 Å². The molecule has 0 saturated carbocycles. The van der Waals surface area contributed by atoms with Gasteiger partial charge >= 0.3 is 0 Å². The number of hydrogen-bond donors (Lipinski definition) is 1. The molecular weight excluding hydrogens is 303 g/mol. The maximum Gasteiger partial charge on any atom is 0.253 e. The summed E-state index contributed by atoms with van der Waals surface area (Å²) >= 11 is 3.01. The van der Waals surface area contributed by atoms with Gasteiger partial charge < -0.3 is 10.2 Å². The molecule has 1 aromatic carbocycles. The van der Waals surface area contributed by atoms with Crippen LogP contribution in [-0.4, -0.2) is 36.9 Å². The molecule has 18 heavy (non-hydrogen) atoms. The second-order valence-electron chi connectivity index (χ2n) is 4.03. The average molecular weight is 317 g/mol. The minimum absolute atomic E-state index is 0.0898. The summed E-state index contributed by atoms with van der Waals surface area (Å²) in [5, 5.41) is 2.52. The Bertz CT molecular complexity index is 477. The van der Waals surface area contributed by atoms with Gasteiger partial charge in [-0.25, -0.2) is 4.39 Å². The molecule has 0 fully saturated rings. The van der Waals surface area contributed by atoms with Crippen molar-refractivity contribution in [3.63, 3.8) is 0 Å². The fourth-order valence-electron chi connectivity index (χ4n) is 1.40. The van der Waals surface area contributed by atoms with Crippen LogP contribution in [0.4, 0.5) is 4.39 Å². The monoisotopic (exact) mass is 316 g/mol. The summed E-state index contributed by atoms with van der Waals surface area (Å²) in [4.78, 5) is 24.8. The van der Waals surface area contributed by atoms with E-state index >= 15 is 0 Å². The third-order valence-electron chi connectivity index (χ3n) is 2.36. The minimum atomic E-state index is -0.664. The van der Waals surface area contributed by atoms with Crippen molar-refractivity contribution in [3.05, 3.63) is 34.1 Å². The lowest BCUT2D eigenvalue weighted by molar-refractivity contribution is -0.130. The van der Waals surface area contributed by atoms with E-state index in [1.807, 2.05) is 0 Å². The van der Waals surface area contributed by atoms with Crippen LogP contribution in [0.5, 0.6) is 0 Å². The van der Waals surface area contributed by atoms with Crippen LogP contribution in [0, 0.1) is 5.82 Å². The molecule has 1 aromatic rings. The van der Waals surface area contributed by atoms with Crippen molar-refractivity contribution in [1.29, 1.82) is 0 Å². The summed E-state index contributed by atoms with van der Waals surface area (Å²) in [6, 6.07) is 3.50. The Morgan fingerprint density at radius 3 is 2.56 bits per heavy atom. The third-order valence-corrected chi connectivity index (χ3v) is 3.16. The first-order valence-electron chi connectivity index (χ1n) is 5.30. The number of nitrogens with zero attached hydrogens (tertiary/aromatic N) is 1. The van der Waals surface area contributed by atoms with E-state index in [1.54, 1.807) is 21.0 Å². The molecule has 0 aliphatic carbocycles. The molecule has 0 aliphatic rings. The molecule has 0 radical (unpaired) electrons. The van der Waals surface area contributed by atoms with E-state index in [-0.39, 0.29) is 15.9 Å². The Hall–Kier alpha value is -1.43. The van der Waals surface area contributed by atoms with Crippen LogP contribution in [0.2, 0.25) is 0 Å². The van der Waals surface area contributed by atoms with Crippen molar-refractivity contribution in [2.45, 2.75) is 13.0 Å². The van der Waals surface area contributed by atoms with E-state index in [0.717, 1.165) is 0 Å². The fourth-order valence-corrected chi connectivity index (χ4v) is 1.85. The minimum Gasteiger partial charge on any atom is -0.347 e. The number of carbonyl (C=O) groups excluding carboxylic acids is 2. The van der Waals surface area contributed by atoms with E-state index in [2.05, 4.69) is 21.2 Å². The highest BCUT2D eigenvalue weighted by Gasteiger charge is 2.20. The summed E-state index contributed by atoms with van der Waals surface area (Å²) < 4.78 is 13.4. The highest BCUT2D eigenvalue weighted by molar-refractivity contribution is 9.10. The molecule has 0 heterocycles. The van der Waals surface area contributed by atoms with Gasteiger partial charge in [0.25, 0.3) is 5.91 Å². The lowest BCUT2D eigenvalue weighted by atomic mass is 10.2. The predicted molar refractivity (Wildman–Crippen MR) is 69.7 cm³/mol. The summed E-state index contributed by atoms with van der Waals surface area (Å²) in [7, 11) is 3.20. The first-order valence-corrected chi connectivity index (χ1v) is 6.10. The van der Waals surface area contributed by atoms with E-state index in [4.69, 9.17) is 0 Å². The van der Waals surface area contributed by atoms with Crippen molar-refractivity contribution in [2.24, 2.45) is 0 Å². The predicted octanol–water partition coefficient (Wildman–Crippen LogP) is 1.79. The van der Waals surface area contributed by atoms with Crippen LogP contribution < -0.4 is 5.32 Å². The van der Waals surface area contributed by atoms with Gasteiger partial charge in [-0.05, 0) is 35.0 Å². The van der Waals surface area contributed by atoms with Crippen molar-refractivity contribution >= 4 is 27.7 Å². The van der Waals surface area contributed by atoms with Crippen LogP contribution in [0.25, 0.3) is 0 Å². The van der Waals surface area contributed by atoms with Gasteiger partial charge in [0, 0.05) is 14.1 Å². The number of benzene rings is 1. The number of nitrogens with one attached hydrogen (secondary N) is 1. The lowest BCUT2D eigenvalue weighted by Crippen LogP contribution is -2.44. The topological polar surface area (TPSA) is 49.4 Å². The first kappa shape index (κ1) is 14.6. The molecule has 1 atom stereocenters. The van der Waals surface area contributed by atoms with Crippen molar-refractivity contribution in [3.8, 4) is 0 Å². The maximum absolute atomic E-state index is 13.3. The molecule has 0 bridgehead atoms. The highest BCUT2D eigenvalue weighted by Crippen LogP contribution is 2.20. The molecule has 98 valence electrons. The van der Waals surface area contributed by atoms with Crippen LogP contribution in [-0.2, 0) is 4.79 Å². The number of amides is 2. The van der Waals surface area contributed by atoms with Gasteiger partial charge in [0.15, 0.2) is 0 Å². The number of hydrogen-bond acceptors (Lipinski definition) is 2. The smallest absolute Gasteiger partial charge is 0.253 e.